The molecule has 0 aliphatic rings. The summed E-state index contributed by atoms with van der Waals surface area (Å²) in [6, 6.07) is 2.38. The first kappa shape index (κ1) is 11.1. The molecular formula is C9H8BrFO3. The van der Waals surface area contributed by atoms with Crippen molar-refractivity contribution in [3.63, 3.8) is 0 Å². The van der Waals surface area contributed by atoms with Gasteiger partial charge in [0.1, 0.15) is 5.82 Å². The predicted molar refractivity (Wildman–Crippen MR) is 51.8 cm³/mol. The molecule has 0 amide bonds. The van der Waals surface area contributed by atoms with Crippen LogP contribution in [0.3, 0.4) is 0 Å². The van der Waals surface area contributed by atoms with Crippen molar-refractivity contribution >= 4 is 21.9 Å². The van der Waals surface area contributed by atoms with Gasteiger partial charge in [-0.15, -0.1) is 0 Å². The van der Waals surface area contributed by atoms with Gasteiger partial charge in [-0.25, -0.2) is 9.18 Å². The zero-order valence-electron chi connectivity index (χ0n) is 7.38. The van der Waals surface area contributed by atoms with Gasteiger partial charge in [0.25, 0.3) is 0 Å². The first-order valence-electron chi connectivity index (χ1n) is 3.76. The number of hydrogen-bond acceptors (Lipinski definition) is 2. The van der Waals surface area contributed by atoms with Crippen LogP contribution in [0.15, 0.2) is 16.6 Å². The van der Waals surface area contributed by atoms with Crippen molar-refractivity contribution in [2.45, 2.75) is 6.61 Å². The minimum Gasteiger partial charge on any atom is -0.478 e. The number of halogens is 2. The highest BCUT2D eigenvalue weighted by molar-refractivity contribution is 9.10. The lowest BCUT2D eigenvalue weighted by molar-refractivity contribution is 0.0695. The molecule has 0 spiro atoms. The second-order valence-corrected chi connectivity index (χ2v) is 3.52. The Morgan fingerprint density at radius 3 is 2.79 bits per heavy atom. The van der Waals surface area contributed by atoms with Crippen LogP contribution in [-0.2, 0) is 11.3 Å². The van der Waals surface area contributed by atoms with Crippen LogP contribution < -0.4 is 0 Å². The molecule has 0 atom stereocenters. The van der Waals surface area contributed by atoms with E-state index >= 15 is 0 Å². The van der Waals surface area contributed by atoms with Gasteiger partial charge < -0.3 is 9.84 Å². The van der Waals surface area contributed by atoms with Crippen LogP contribution in [0.4, 0.5) is 4.39 Å². The van der Waals surface area contributed by atoms with Gasteiger partial charge >= 0.3 is 5.97 Å². The number of carboxylic acids is 1. The fraction of sp³-hybridized carbons (Fsp3) is 0.222. The fourth-order valence-corrected chi connectivity index (χ4v) is 1.58. The van der Waals surface area contributed by atoms with Gasteiger partial charge in [0.05, 0.1) is 12.2 Å². The van der Waals surface area contributed by atoms with E-state index in [9.17, 15) is 9.18 Å². The molecular weight excluding hydrogens is 255 g/mol. The Hall–Kier alpha value is -0.940. The smallest absolute Gasteiger partial charge is 0.336 e. The minimum absolute atomic E-state index is 0.0950. The van der Waals surface area contributed by atoms with E-state index < -0.39 is 11.8 Å². The SMILES string of the molecule is COCc1cc(Br)c(C(=O)O)cc1F. The van der Waals surface area contributed by atoms with Crippen molar-refractivity contribution < 1.29 is 19.0 Å². The first-order chi connectivity index (χ1) is 6.56. The summed E-state index contributed by atoms with van der Waals surface area (Å²) in [5.41, 5.74) is 0.228. The topological polar surface area (TPSA) is 46.5 Å². The summed E-state index contributed by atoms with van der Waals surface area (Å²) in [4.78, 5) is 10.6. The van der Waals surface area contributed by atoms with Crippen molar-refractivity contribution in [2.24, 2.45) is 0 Å². The van der Waals surface area contributed by atoms with Crippen LogP contribution >= 0.6 is 15.9 Å². The number of carbonyl (C=O) groups is 1. The zero-order valence-corrected chi connectivity index (χ0v) is 8.97. The third kappa shape index (κ3) is 2.30. The van der Waals surface area contributed by atoms with Crippen LogP contribution in [-0.4, -0.2) is 18.2 Å². The lowest BCUT2D eigenvalue weighted by Crippen LogP contribution is -2.02. The van der Waals surface area contributed by atoms with Crippen molar-refractivity contribution in [3.8, 4) is 0 Å². The third-order valence-electron chi connectivity index (χ3n) is 1.67. The van der Waals surface area contributed by atoms with E-state index in [1.807, 2.05) is 0 Å². The number of aromatic carboxylic acids is 1. The molecule has 0 fully saturated rings. The lowest BCUT2D eigenvalue weighted by atomic mass is 10.1. The minimum atomic E-state index is -1.17. The van der Waals surface area contributed by atoms with Crippen molar-refractivity contribution in [1.29, 1.82) is 0 Å². The molecule has 14 heavy (non-hydrogen) atoms. The second kappa shape index (κ2) is 4.52. The van der Waals surface area contributed by atoms with Crippen LogP contribution in [0.5, 0.6) is 0 Å². The lowest BCUT2D eigenvalue weighted by Gasteiger charge is -2.05. The van der Waals surface area contributed by atoms with Gasteiger partial charge in [0.2, 0.25) is 0 Å². The van der Waals surface area contributed by atoms with Crippen LogP contribution in [0.1, 0.15) is 15.9 Å². The molecule has 1 N–H and O–H groups in total. The Morgan fingerprint density at radius 1 is 1.64 bits per heavy atom. The Balaban J connectivity index is 3.17. The summed E-state index contributed by atoms with van der Waals surface area (Å²) in [5, 5.41) is 8.68. The highest BCUT2D eigenvalue weighted by Gasteiger charge is 2.12. The van der Waals surface area contributed by atoms with Gasteiger partial charge in [0, 0.05) is 17.1 Å². The summed E-state index contributed by atoms with van der Waals surface area (Å²) in [5.74, 6) is -1.74. The van der Waals surface area contributed by atoms with Gasteiger partial charge in [-0.1, -0.05) is 0 Å². The summed E-state index contributed by atoms with van der Waals surface area (Å²) < 4.78 is 18.3. The molecule has 0 aliphatic heterocycles. The van der Waals surface area contributed by atoms with E-state index in [1.165, 1.54) is 13.2 Å². The van der Waals surface area contributed by atoms with Crippen molar-refractivity contribution in [3.05, 3.63) is 33.5 Å². The Morgan fingerprint density at radius 2 is 2.29 bits per heavy atom. The van der Waals surface area contributed by atoms with E-state index in [0.29, 0.717) is 10.0 Å². The third-order valence-corrected chi connectivity index (χ3v) is 2.32. The number of hydrogen-bond donors (Lipinski definition) is 1. The van der Waals surface area contributed by atoms with Crippen molar-refractivity contribution in [2.75, 3.05) is 7.11 Å². The molecule has 1 aromatic rings. The largest absolute Gasteiger partial charge is 0.478 e. The molecule has 0 saturated heterocycles. The molecule has 0 aromatic heterocycles. The van der Waals surface area contributed by atoms with Gasteiger partial charge in [0.15, 0.2) is 0 Å². The highest BCUT2D eigenvalue weighted by Crippen LogP contribution is 2.21. The van der Waals surface area contributed by atoms with Crippen LogP contribution in [0.2, 0.25) is 0 Å². The zero-order chi connectivity index (χ0) is 10.7. The van der Waals surface area contributed by atoms with Crippen molar-refractivity contribution in [1.82, 2.24) is 0 Å². The average Bonchev–Trinajstić information content (AvgIpc) is 2.10. The van der Waals surface area contributed by atoms with Crippen LogP contribution in [0.25, 0.3) is 0 Å². The van der Waals surface area contributed by atoms with E-state index in [2.05, 4.69) is 15.9 Å². The molecule has 0 bridgehead atoms. The average molecular weight is 263 g/mol. The molecule has 0 saturated carbocycles. The molecule has 5 heteroatoms. The molecule has 0 aliphatic carbocycles. The Kier molecular flexibility index (Phi) is 3.60. The maximum absolute atomic E-state index is 13.2. The summed E-state index contributed by atoms with van der Waals surface area (Å²) in [6.45, 7) is 0.115. The van der Waals surface area contributed by atoms with Gasteiger partial charge in [-0.2, -0.15) is 0 Å². The quantitative estimate of drug-likeness (QED) is 0.910. The predicted octanol–water partition coefficient (Wildman–Crippen LogP) is 2.43. The Labute approximate surface area is 88.6 Å². The summed E-state index contributed by atoms with van der Waals surface area (Å²) >= 11 is 3.05. The number of carboxylic acid groups (broad SMARTS) is 1. The summed E-state index contributed by atoms with van der Waals surface area (Å²) in [7, 11) is 1.44. The van der Waals surface area contributed by atoms with E-state index in [1.54, 1.807) is 0 Å². The fourth-order valence-electron chi connectivity index (χ4n) is 1.02. The number of benzene rings is 1. The number of rotatable bonds is 3. The molecule has 0 radical (unpaired) electrons. The van der Waals surface area contributed by atoms with E-state index in [0.717, 1.165) is 6.07 Å². The second-order valence-electron chi connectivity index (χ2n) is 2.66. The molecule has 1 aromatic carbocycles. The number of methoxy groups -OCH3 is 1. The highest BCUT2D eigenvalue weighted by atomic mass is 79.9. The normalized spacial score (nSPS) is 10.2. The molecule has 76 valence electrons. The molecule has 0 unspecified atom stereocenters. The molecule has 0 heterocycles. The van der Waals surface area contributed by atoms with E-state index in [4.69, 9.17) is 9.84 Å². The molecule has 3 nitrogen and oxygen atoms in total. The van der Waals surface area contributed by atoms with Gasteiger partial charge in [-0.05, 0) is 28.1 Å². The summed E-state index contributed by atoms with van der Waals surface area (Å²) in [6.07, 6.45) is 0. The number of ether oxygens (including phenoxy) is 1. The standard InChI is InChI=1S/C9H8BrFO3/c1-14-4-5-2-7(10)6(9(12)13)3-8(5)11/h2-3H,4H2,1H3,(H,12,13). The monoisotopic (exact) mass is 262 g/mol. The maximum atomic E-state index is 13.2. The Bertz CT molecular complexity index is 365. The first-order valence-corrected chi connectivity index (χ1v) is 4.55. The van der Waals surface area contributed by atoms with Crippen LogP contribution in [0, 0.1) is 5.82 Å². The molecule has 1 rings (SSSR count). The van der Waals surface area contributed by atoms with E-state index in [-0.39, 0.29) is 12.2 Å². The maximum Gasteiger partial charge on any atom is 0.336 e. The van der Waals surface area contributed by atoms with Gasteiger partial charge in [-0.3, -0.25) is 0 Å².